The second-order valence-electron chi connectivity index (χ2n) is 7.34. The second kappa shape index (κ2) is 10.5. The summed E-state index contributed by atoms with van der Waals surface area (Å²) in [6.07, 6.45) is 0. The molecular weight excluding hydrogens is 392 g/mol. The fraction of sp³-hybridized carbons (Fsp3) is 0.133. The summed E-state index contributed by atoms with van der Waals surface area (Å²) in [7, 11) is 0. The van der Waals surface area contributed by atoms with Crippen molar-refractivity contribution in [3.8, 4) is 11.5 Å². The van der Waals surface area contributed by atoms with E-state index in [0.717, 1.165) is 44.9 Å². The lowest BCUT2D eigenvalue weighted by Gasteiger charge is -2.21. The van der Waals surface area contributed by atoms with Crippen molar-refractivity contribution in [2.24, 2.45) is 0 Å². The van der Waals surface area contributed by atoms with Crippen LogP contribution in [0.1, 0.15) is 36.1 Å². The lowest BCUT2D eigenvalue weighted by molar-refractivity contribution is 0.339. The third-order valence-corrected chi connectivity index (χ3v) is 5.29. The molecule has 2 heteroatoms. The first-order chi connectivity index (χ1) is 15.8. The molecule has 0 aliphatic carbocycles. The van der Waals surface area contributed by atoms with Gasteiger partial charge < -0.3 is 9.47 Å². The Hall–Kier alpha value is -3.78. The van der Waals surface area contributed by atoms with Gasteiger partial charge in [0.1, 0.15) is 11.5 Å². The minimum atomic E-state index is 0.606. The van der Waals surface area contributed by atoms with Gasteiger partial charge in [-0.2, -0.15) is 0 Å². The number of hydrogen-bond acceptors (Lipinski definition) is 2. The van der Waals surface area contributed by atoms with E-state index >= 15 is 0 Å². The molecule has 0 heterocycles. The first-order valence-corrected chi connectivity index (χ1v) is 11.1. The number of rotatable bonds is 8. The Bertz CT molecular complexity index is 1080. The highest BCUT2D eigenvalue weighted by Crippen LogP contribution is 2.42. The first kappa shape index (κ1) is 21.5. The smallest absolute Gasteiger partial charge is 0.127 e. The van der Waals surface area contributed by atoms with Crippen molar-refractivity contribution >= 4 is 11.1 Å². The molecule has 0 radical (unpaired) electrons. The molecule has 0 fully saturated rings. The number of ether oxygens (including phenoxy) is 2. The van der Waals surface area contributed by atoms with Crippen molar-refractivity contribution in [3.05, 3.63) is 131 Å². The molecule has 0 spiro atoms. The van der Waals surface area contributed by atoms with Crippen LogP contribution in [-0.4, -0.2) is 13.2 Å². The van der Waals surface area contributed by atoms with Crippen molar-refractivity contribution in [3.63, 3.8) is 0 Å². The maximum Gasteiger partial charge on any atom is 0.127 e. The van der Waals surface area contributed by atoms with E-state index in [0.29, 0.717) is 13.2 Å². The molecule has 0 saturated heterocycles. The van der Waals surface area contributed by atoms with Crippen LogP contribution in [-0.2, 0) is 0 Å². The van der Waals surface area contributed by atoms with Crippen LogP contribution in [0, 0.1) is 0 Å². The fourth-order valence-electron chi connectivity index (χ4n) is 3.99. The van der Waals surface area contributed by atoms with E-state index in [1.165, 1.54) is 0 Å². The van der Waals surface area contributed by atoms with E-state index in [4.69, 9.17) is 9.47 Å². The Balaban J connectivity index is 2.14. The summed E-state index contributed by atoms with van der Waals surface area (Å²) in [6.45, 7) is 5.25. The highest BCUT2D eigenvalue weighted by atomic mass is 16.5. The van der Waals surface area contributed by atoms with Crippen LogP contribution in [0.5, 0.6) is 11.5 Å². The average Bonchev–Trinajstić information content (AvgIpc) is 2.85. The van der Waals surface area contributed by atoms with Crippen molar-refractivity contribution < 1.29 is 9.47 Å². The van der Waals surface area contributed by atoms with Crippen LogP contribution in [0.2, 0.25) is 0 Å². The van der Waals surface area contributed by atoms with Gasteiger partial charge in [0.15, 0.2) is 0 Å². The molecule has 0 unspecified atom stereocenters. The van der Waals surface area contributed by atoms with E-state index in [-0.39, 0.29) is 0 Å². The molecule has 0 N–H and O–H groups in total. The topological polar surface area (TPSA) is 18.5 Å². The fourth-order valence-corrected chi connectivity index (χ4v) is 3.99. The minimum Gasteiger partial charge on any atom is -0.493 e. The number of hydrogen-bond donors (Lipinski definition) is 0. The minimum absolute atomic E-state index is 0.606. The Kier molecular flexibility index (Phi) is 7.04. The Labute approximate surface area is 190 Å². The summed E-state index contributed by atoms with van der Waals surface area (Å²) >= 11 is 0. The molecule has 0 aliphatic heterocycles. The Morgan fingerprint density at radius 1 is 0.469 bits per heavy atom. The van der Waals surface area contributed by atoms with Gasteiger partial charge in [-0.1, -0.05) is 97.1 Å². The van der Waals surface area contributed by atoms with Crippen molar-refractivity contribution in [2.45, 2.75) is 13.8 Å². The van der Waals surface area contributed by atoms with Gasteiger partial charge in [0.2, 0.25) is 0 Å². The van der Waals surface area contributed by atoms with E-state index in [1.807, 2.05) is 50.2 Å². The molecule has 4 aromatic carbocycles. The molecule has 0 saturated carbocycles. The van der Waals surface area contributed by atoms with E-state index in [2.05, 4.69) is 72.8 Å². The zero-order chi connectivity index (χ0) is 22.2. The zero-order valence-electron chi connectivity index (χ0n) is 18.6. The normalized spacial score (nSPS) is 11.6. The molecule has 0 bridgehead atoms. The average molecular weight is 421 g/mol. The molecule has 4 aromatic rings. The third kappa shape index (κ3) is 4.60. The van der Waals surface area contributed by atoms with Gasteiger partial charge >= 0.3 is 0 Å². The van der Waals surface area contributed by atoms with E-state index < -0.39 is 0 Å². The molecule has 2 nitrogen and oxygen atoms in total. The van der Waals surface area contributed by atoms with Crippen molar-refractivity contribution in [2.75, 3.05) is 13.2 Å². The van der Waals surface area contributed by atoms with Crippen LogP contribution in [0.25, 0.3) is 11.1 Å². The van der Waals surface area contributed by atoms with Crippen LogP contribution < -0.4 is 9.47 Å². The first-order valence-electron chi connectivity index (χ1n) is 11.1. The molecule has 160 valence electrons. The van der Waals surface area contributed by atoms with Crippen LogP contribution in [0.3, 0.4) is 0 Å². The number of benzene rings is 4. The van der Waals surface area contributed by atoms with Crippen molar-refractivity contribution in [1.82, 2.24) is 0 Å². The van der Waals surface area contributed by atoms with Gasteiger partial charge in [-0.15, -0.1) is 0 Å². The summed E-state index contributed by atoms with van der Waals surface area (Å²) in [5.41, 5.74) is 6.62. The summed E-state index contributed by atoms with van der Waals surface area (Å²) in [5, 5.41) is 0. The van der Waals surface area contributed by atoms with Crippen LogP contribution in [0.4, 0.5) is 0 Å². The summed E-state index contributed by atoms with van der Waals surface area (Å²) in [6, 6.07) is 37.6. The predicted octanol–water partition coefficient (Wildman–Crippen LogP) is 7.49. The quantitative estimate of drug-likeness (QED) is 0.275. The zero-order valence-corrected chi connectivity index (χ0v) is 18.6. The predicted molar refractivity (Wildman–Crippen MR) is 133 cm³/mol. The Morgan fingerprint density at radius 2 is 0.812 bits per heavy atom. The summed E-state index contributed by atoms with van der Waals surface area (Å²) in [4.78, 5) is 0. The molecule has 0 amide bonds. The highest BCUT2D eigenvalue weighted by Gasteiger charge is 2.21. The maximum absolute atomic E-state index is 6.07. The summed E-state index contributed by atoms with van der Waals surface area (Å²) in [5.74, 6) is 1.74. The SMILES string of the molecule is CCOc1ccccc1C(=C(c1ccccc1)c1ccccc1OCC)c1ccccc1. The lowest BCUT2D eigenvalue weighted by Crippen LogP contribution is -2.03. The largest absolute Gasteiger partial charge is 0.493 e. The standard InChI is InChI=1S/C30H28O2/c1-3-31-27-21-13-11-19-25(27)29(23-15-7-5-8-16-23)30(24-17-9-6-10-18-24)26-20-12-14-22-28(26)32-4-2/h5-22H,3-4H2,1-2H3. The van der Waals surface area contributed by atoms with Crippen LogP contribution >= 0.6 is 0 Å². The van der Waals surface area contributed by atoms with Gasteiger partial charge in [0.05, 0.1) is 13.2 Å². The van der Waals surface area contributed by atoms with Gasteiger partial charge in [-0.05, 0) is 37.1 Å². The van der Waals surface area contributed by atoms with Gasteiger partial charge in [-0.25, -0.2) is 0 Å². The maximum atomic E-state index is 6.07. The molecular formula is C30H28O2. The molecule has 0 aliphatic rings. The van der Waals surface area contributed by atoms with Crippen molar-refractivity contribution in [1.29, 1.82) is 0 Å². The second-order valence-corrected chi connectivity index (χ2v) is 7.34. The summed E-state index contributed by atoms with van der Waals surface area (Å²) < 4.78 is 12.1. The van der Waals surface area contributed by atoms with Gasteiger partial charge in [0, 0.05) is 22.3 Å². The molecule has 0 atom stereocenters. The molecule has 32 heavy (non-hydrogen) atoms. The van der Waals surface area contributed by atoms with Gasteiger partial charge in [-0.3, -0.25) is 0 Å². The monoisotopic (exact) mass is 420 g/mol. The van der Waals surface area contributed by atoms with E-state index in [1.54, 1.807) is 0 Å². The lowest BCUT2D eigenvalue weighted by atomic mass is 9.85. The van der Waals surface area contributed by atoms with E-state index in [9.17, 15) is 0 Å². The molecule has 0 aromatic heterocycles. The van der Waals surface area contributed by atoms with Crippen LogP contribution in [0.15, 0.2) is 109 Å². The molecule has 4 rings (SSSR count). The highest BCUT2D eigenvalue weighted by molar-refractivity contribution is 6.06. The third-order valence-electron chi connectivity index (χ3n) is 5.29. The van der Waals surface area contributed by atoms with Gasteiger partial charge in [0.25, 0.3) is 0 Å². The Morgan fingerprint density at radius 3 is 1.19 bits per heavy atom. The number of para-hydroxylation sites is 2.